The highest BCUT2D eigenvalue weighted by Crippen LogP contribution is 2.26. The van der Waals surface area contributed by atoms with E-state index in [9.17, 15) is 8.78 Å². The lowest BCUT2D eigenvalue weighted by Crippen LogP contribution is -1.99. The van der Waals surface area contributed by atoms with Crippen LogP contribution in [0.1, 0.15) is 12.7 Å². The SMILES string of the molecule is CCOCCc1noc(-c2cc(F)c(F)cc2N)n1. The molecule has 0 fully saturated rings. The molecule has 0 saturated carbocycles. The van der Waals surface area contributed by atoms with Crippen LogP contribution in [0.25, 0.3) is 11.5 Å². The number of nitrogen functional groups attached to an aromatic ring is 1. The molecule has 7 heteroatoms. The monoisotopic (exact) mass is 269 g/mol. The van der Waals surface area contributed by atoms with Gasteiger partial charge in [-0.2, -0.15) is 4.98 Å². The smallest absolute Gasteiger partial charge is 0.260 e. The lowest BCUT2D eigenvalue weighted by molar-refractivity contribution is 0.149. The minimum atomic E-state index is -1.02. The Hall–Kier alpha value is -2.02. The molecule has 2 rings (SSSR count). The van der Waals surface area contributed by atoms with Gasteiger partial charge in [-0.25, -0.2) is 8.78 Å². The molecule has 0 amide bonds. The predicted molar refractivity (Wildman–Crippen MR) is 64.3 cm³/mol. The van der Waals surface area contributed by atoms with Gasteiger partial charge in [-0.1, -0.05) is 5.16 Å². The van der Waals surface area contributed by atoms with Gasteiger partial charge >= 0.3 is 0 Å². The van der Waals surface area contributed by atoms with Gasteiger partial charge in [0.15, 0.2) is 17.5 Å². The molecule has 19 heavy (non-hydrogen) atoms. The minimum absolute atomic E-state index is 0.0407. The summed E-state index contributed by atoms with van der Waals surface area (Å²) in [6.07, 6.45) is 0.473. The van der Waals surface area contributed by atoms with Crippen molar-refractivity contribution in [3.63, 3.8) is 0 Å². The molecule has 1 aromatic heterocycles. The molecule has 102 valence electrons. The Morgan fingerprint density at radius 1 is 1.32 bits per heavy atom. The Bertz CT molecular complexity index is 572. The number of ether oxygens (including phenoxy) is 1. The molecule has 0 aliphatic heterocycles. The lowest BCUT2D eigenvalue weighted by Gasteiger charge is -2.01. The summed E-state index contributed by atoms with van der Waals surface area (Å²) in [5.41, 5.74) is 5.81. The van der Waals surface area contributed by atoms with E-state index >= 15 is 0 Å². The fraction of sp³-hybridized carbons (Fsp3) is 0.333. The van der Waals surface area contributed by atoms with Crippen molar-refractivity contribution in [3.8, 4) is 11.5 Å². The van der Waals surface area contributed by atoms with E-state index in [0.29, 0.717) is 25.5 Å². The molecule has 0 aliphatic carbocycles. The van der Waals surface area contributed by atoms with Gasteiger partial charge in [-0.05, 0) is 13.0 Å². The molecule has 1 heterocycles. The average Bonchev–Trinajstić information content (AvgIpc) is 2.83. The zero-order chi connectivity index (χ0) is 13.8. The van der Waals surface area contributed by atoms with E-state index in [1.165, 1.54) is 0 Å². The van der Waals surface area contributed by atoms with Crippen molar-refractivity contribution in [1.82, 2.24) is 10.1 Å². The molecule has 5 nitrogen and oxygen atoms in total. The number of halogens is 2. The fourth-order valence-corrected chi connectivity index (χ4v) is 1.52. The Morgan fingerprint density at radius 3 is 2.79 bits per heavy atom. The van der Waals surface area contributed by atoms with Gasteiger partial charge in [0.2, 0.25) is 0 Å². The van der Waals surface area contributed by atoms with Crippen molar-refractivity contribution < 1.29 is 18.0 Å². The van der Waals surface area contributed by atoms with E-state index in [0.717, 1.165) is 12.1 Å². The Kier molecular flexibility index (Phi) is 4.06. The molecule has 1 aromatic carbocycles. The first kappa shape index (κ1) is 13.4. The van der Waals surface area contributed by atoms with Crippen molar-refractivity contribution in [2.45, 2.75) is 13.3 Å². The summed E-state index contributed by atoms with van der Waals surface area (Å²) < 4.78 is 36.2. The number of hydrogen-bond acceptors (Lipinski definition) is 5. The van der Waals surface area contributed by atoms with Crippen molar-refractivity contribution in [3.05, 3.63) is 29.6 Å². The van der Waals surface area contributed by atoms with Crippen molar-refractivity contribution in [2.75, 3.05) is 18.9 Å². The standard InChI is InChI=1S/C12H13F2N3O2/c1-2-18-4-3-11-16-12(19-17-11)7-5-8(13)9(14)6-10(7)15/h5-6H,2-4,15H2,1H3. The van der Waals surface area contributed by atoms with Crippen LogP contribution in [0.2, 0.25) is 0 Å². The Labute approximate surface area is 108 Å². The second-order valence-electron chi connectivity index (χ2n) is 3.82. The topological polar surface area (TPSA) is 74.2 Å². The molecule has 0 bridgehead atoms. The third-order valence-corrected chi connectivity index (χ3v) is 2.47. The van der Waals surface area contributed by atoms with Gasteiger partial charge < -0.3 is 15.0 Å². The highest BCUT2D eigenvalue weighted by molar-refractivity contribution is 5.70. The van der Waals surface area contributed by atoms with Crippen LogP contribution in [0.4, 0.5) is 14.5 Å². The van der Waals surface area contributed by atoms with Crippen LogP contribution >= 0.6 is 0 Å². The third-order valence-electron chi connectivity index (χ3n) is 2.47. The lowest BCUT2D eigenvalue weighted by atomic mass is 10.1. The molecule has 2 aromatic rings. The van der Waals surface area contributed by atoms with Gasteiger partial charge in [-0.3, -0.25) is 0 Å². The van der Waals surface area contributed by atoms with E-state index in [-0.39, 0.29) is 17.1 Å². The molecule has 0 saturated heterocycles. The summed E-state index contributed by atoms with van der Waals surface area (Å²) >= 11 is 0. The van der Waals surface area contributed by atoms with Gasteiger partial charge in [-0.15, -0.1) is 0 Å². The van der Waals surface area contributed by atoms with E-state index in [4.69, 9.17) is 15.0 Å². The maximum Gasteiger partial charge on any atom is 0.260 e. The second-order valence-corrected chi connectivity index (χ2v) is 3.82. The zero-order valence-electron chi connectivity index (χ0n) is 10.3. The second kappa shape index (κ2) is 5.75. The van der Waals surface area contributed by atoms with Crippen LogP contribution in [0.5, 0.6) is 0 Å². The molecule has 0 spiro atoms. The number of rotatable bonds is 5. The number of benzene rings is 1. The maximum atomic E-state index is 13.2. The Morgan fingerprint density at radius 2 is 2.05 bits per heavy atom. The number of hydrogen-bond donors (Lipinski definition) is 1. The van der Waals surface area contributed by atoms with E-state index in [1.54, 1.807) is 0 Å². The highest BCUT2D eigenvalue weighted by Gasteiger charge is 2.15. The van der Waals surface area contributed by atoms with Gasteiger partial charge in [0.1, 0.15) is 0 Å². The number of anilines is 1. The van der Waals surface area contributed by atoms with Crippen LogP contribution in [-0.2, 0) is 11.2 Å². The average molecular weight is 269 g/mol. The summed E-state index contributed by atoms with van der Waals surface area (Å²) in [6.45, 7) is 2.94. The Balaban J connectivity index is 2.20. The van der Waals surface area contributed by atoms with E-state index < -0.39 is 11.6 Å². The van der Waals surface area contributed by atoms with Crippen molar-refractivity contribution >= 4 is 5.69 Å². The van der Waals surface area contributed by atoms with Crippen molar-refractivity contribution in [1.29, 1.82) is 0 Å². The highest BCUT2D eigenvalue weighted by atomic mass is 19.2. The fourth-order valence-electron chi connectivity index (χ4n) is 1.52. The largest absolute Gasteiger partial charge is 0.398 e. The van der Waals surface area contributed by atoms with Crippen LogP contribution in [-0.4, -0.2) is 23.4 Å². The number of aromatic nitrogens is 2. The molecule has 0 unspecified atom stereocenters. The van der Waals surface area contributed by atoms with Gasteiger partial charge in [0, 0.05) is 24.8 Å². The van der Waals surface area contributed by atoms with Crippen LogP contribution in [0, 0.1) is 11.6 Å². The van der Waals surface area contributed by atoms with Crippen LogP contribution in [0.3, 0.4) is 0 Å². The van der Waals surface area contributed by atoms with E-state index in [1.807, 2.05) is 6.92 Å². The minimum Gasteiger partial charge on any atom is -0.398 e. The maximum absolute atomic E-state index is 13.2. The number of nitrogens with two attached hydrogens (primary N) is 1. The van der Waals surface area contributed by atoms with Crippen LogP contribution < -0.4 is 5.73 Å². The molecule has 0 atom stereocenters. The summed E-state index contributed by atoms with van der Waals surface area (Å²) in [4.78, 5) is 4.06. The van der Waals surface area contributed by atoms with Gasteiger partial charge in [0.25, 0.3) is 5.89 Å². The third kappa shape index (κ3) is 3.05. The zero-order valence-corrected chi connectivity index (χ0v) is 10.3. The quantitative estimate of drug-likeness (QED) is 0.665. The summed E-state index contributed by atoms with van der Waals surface area (Å²) in [7, 11) is 0. The molecule has 0 radical (unpaired) electrons. The number of nitrogens with zero attached hydrogens (tertiary/aromatic N) is 2. The van der Waals surface area contributed by atoms with Crippen molar-refractivity contribution in [2.24, 2.45) is 0 Å². The molecule has 0 aliphatic rings. The predicted octanol–water partition coefficient (Wildman–Crippen LogP) is 2.18. The summed E-state index contributed by atoms with van der Waals surface area (Å²) in [6, 6.07) is 1.82. The molecule has 2 N–H and O–H groups in total. The van der Waals surface area contributed by atoms with E-state index in [2.05, 4.69) is 10.1 Å². The first-order chi connectivity index (χ1) is 9.11. The van der Waals surface area contributed by atoms with Gasteiger partial charge in [0.05, 0.1) is 12.2 Å². The summed E-state index contributed by atoms with van der Waals surface area (Å²) in [5, 5.41) is 3.72. The first-order valence-electron chi connectivity index (χ1n) is 5.77. The molecular weight excluding hydrogens is 256 g/mol. The first-order valence-corrected chi connectivity index (χ1v) is 5.77. The molecular formula is C12H13F2N3O2. The normalized spacial score (nSPS) is 10.9. The summed E-state index contributed by atoms with van der Waals surface area (Å²) in [5.74, 6) is -1.55. The van der Waals surface area contributed by atoms with Crippen LogP contribution in [0.15, 0.2) is 16.7 Å².